The van der Waals surface area contributed by atoms with E-state index in [9.17, 15) is 25.0 Å². The molecular formula is C24H15Cl2N3O6. The highest BCUT2D eigenvalue weighted by Gasteiger charge is 2.20. The number of rotatable bonds is 7. The van der Waals surface area contributed by atoms with Crippen LogP contribution in [0.2, 0.25) is 10.0 Å². The Morgan fingerprint density at radius 3 is 2.31 bits per heavy atom. The second-order valence-electron chi connectivity index (χ2n) is 6.83. The average Bonchev–Trinajstić information content (AvgIpc) is 2.85. The van der Waals surface area contributed by atoms with Gasteiger partial charge in [-0.25, -0.2) is 4.79 Å². The lowest BCUT2D eigenvalue weighted by molar-refractivity contribution is -0.384. The molecule has 0 heterocycles. The number of hydrogen-bond acceptors (Lipinski definition) is 7. The molecule has 0 fully saturated rings. The number of nitriles is 1. The van der Waals surface area contributed by atoms with Crippen LogP contribution in [0, 0.1) is 21.4 Å². The highest BCUT2D eigenvalue weighted by Crippen LogP contribution is 2.35. The minimum atomic E-state index is -0.896. The molecule has 1 N–H and O–H groups in total. The summed E-state index contributed by atoms with van der Waals surface area (Å²) in [4.78, 5) is 35.6. The summed E-state index contributed by atoms with van der Waals surface area (Å²) in [5.74, 6) is -1.43. The molecular weight excluding hydrogens is 497 g/mol. The number of esters is 1. The number of nitro benzene ring substituents is 1. The molecule has 0 spiro atoms. The number of methoxy groups -OCH3 is 1. The molecule has 11 heteroatoms. The Labute approximate surface area is 209 Å². The van der Waals surface area contributed by atoms with Crippen molar-refractivity contribution in [1.82, 2.24) is 0 Å². The van der Waals surface area contributed by atoms with Crippen LogP contribution in [0.4, 0.5) is 11.4 Å². The molecule has 0 aliphatic heterocycles. The summed E-state index contributed by atoms with van der Waals surface area (Å²) in [7, 11) is 1.35. The largest absolute Gasteiger partial charge is 0.496 e. The Hall–Kier alpha value is -4.39. The second kappa shape index (κ2) is 11.2. The van der Waals surface area contributed by atoms with E-state index in [1.165, 1.54) is 37.5 Å². The third-order valence-corrected chi connectivity index (χ3v) is 5.11. The van der Waals surface area contributed by atoms with Crippen LogP contribution in [0.25, 0.3) is 6.08 Å². The van der Waals surface area contributed by atoms with Crippen molar-refractivity contribution in [2.45, 2.75) is 0 Å². The van der Waals surface area contributed by atoms with Gasteiger partial charge < -0.3 is 14.8 Å². The summed E-state index contributed by atoms with van der Waals surface area (Å²) in [6.45, 7) is 0. The summed E-state index contributed by atoms with van der Waals surface area (Å²) >= 11 is 12.5. The van der Waals surface area contributed by atoms with Crippen LogP contribution in [-0.4, -0.2) is 23.9 Å². The minimum Gasteiger partial charge on any atom is -0.496 e. The first kappa shape index (κ1) is 25.2. The number of amides is 1. The van der Waals surface area contributed by atoms with Crippen LogP contribution in [0.3, 0.4) is 0 Å². The summed E-state index contributed by atoms with van der Waals surface area (Å²) in [5.41, 5.74) is -0.363. The Kier molecular flexibility index (Phi) is 8.04. The van der Waals surface area contributed by atoms with Crippen LogP contribution in [0.15, 0.2) is 66.2 Å². The van der Waals surface area contributed by atoms with E-state index < -0.39 is 22.5 Å². The first-order valence-electron chi connectivity index (χ1n) is 9.75. The first-order valence-corrected chi connectivity index (χ1v) is 10.5. The number of halogens is 2. The van der Waals surface area contributed by atoms with Crippen molar-refractivity contribution in [2.75, 3.05) is 12.4 Å². The number of nitrogens with one attached hydrogen (secondary N) is 1. The van der Waals surface area contributed by atoms with Gasteiger partial charge in [-0.3, -0.25) is 14.9 Å². The Bertz CT molecular complexity index is 1360. The van der Waals surface area contributed by atoms with Gasteiger partial charge in [0, 0.05) is 0 Å². The van der Waals surface area contributed by atoms with Crippen molar-refractivity contribution < 1.29 is 24.0 Å². The monoisotopic (exact) mass is 511 g/mol. The highest BCUT2D eigenvalue weighted by molar-refractivity contribution is 6.37. The molecule has 0 radical (unpaired) electrons. The predicted molar refractivity (Wildman–Crippen MR) is 130 cm³/mol. The highest BCUT2D eigenvalue weighted by atomic mass is 35.5. The lowest BCUT2D eigenvalue weighted by atomic mass is 10.1. The molecule has 0 atom stereocenters. The quantitative estimate of drug-likeness (QED) is 0.108. The number of carbonyl (C=O) groups is 2. The maximum Gasteiger partial charge on any atom is 0.343 e. The van der Waals surface area contributed by atoms with E-state index in [1.807, 2.05) is 0 Å². The first-order chi connectivity index (χ1) is 16.7. The topological polar surface area (TPSA) is 132 Å². The van der Waals surface area contributed by atoms with Gasteiger partial charge in [-0.15, -0.1) is 0 Å². The molecule has 0 unspecified atom stereocenters. The number of nitro groups is 1. The van der Waals surface area contributed by atoms with Crippen LogP contribution in [0.1, 0.15) is 15.9 Å². The zero-order valence-electron chi connectivity index (χ0n) is 18.0. The molecule has 0 saturated heterocycles. The van der Waals surface area contributed by atoms with Gasteiger partial charge in [-0.1, -0.05) is 41.4 Å². The fourth-order valence-corrected chi connectivity index (χ4v) is 3.47. The molecule has 0 bridgehead atoms. The van der Waals surface area contributed by atoms with E-state index in [0.29, 0.717) is 5.56 Å². The summed E-state index contributed by atoms with van der Waals surface area (Å²) in [5, 5.41) is 23.1. The molecule has 0 aliphatic carbocycles. The molecule has 0 saturated carbocycles. The molecule has 3 aromatic rings. The molecule has 1 amide bonds. The van der Waals surface area contributed by atoms with Crippen LogP contribution in [0.5, 0.6) is 11.5 Å². The van der Waals surface area contributed by atoms with Gasteiger partial charge in [-0.05, 0) is 48.0 Å². The molecule has 0 aromatic heterocycles. The van der Waals surface area contributed by atoms with Crippen LogP contribution >= 0.6 is 23.2 Å². The number of nitrogens with zero attached hydrogens (tertiary/aromatic N) is 2. The minimum absolute atomic E-state index is 0.0310. The maximum absolute atomic E-state index is 12.6. The Morgan fingerprint density at radius 2 is 1.74 bits per heavy atom. The zero-order valence-corrected chi connectivity index (χ0v) is 19.5. The SMILES string of the molecule is COc1ccc(NC(=O)/C(C#N)=C/c2cc(Cl)c(OC(=O)c3ccccc3)c(Cl)c2)c([N+](=O)[O-])c1. The standard InChI is InChI=1S/C24H15Cl2N3O6/c1-34-17-7-8-20(21(12-17)29(32)33)28-23(30)16(13-27)9-14-10-18(25)22(19(26)11-14)35-24(31)15-5-3-2-4-6-15/h2-12H,1H3,(H,28,30)/b16-9+. The Morgan fingerprint density at radius 1 is 1.09 bits per heavy atom. The van der Waals surface area contributed by atoms with E-state index in [-0.39, 0.29) is 38.4 Å². The number of carbonyl (C=O) groups excluding carboxylic acids is 2. The van der Waals surface area contributed by atoms with Crippen LogP contribution in [-0.2, 0) is 4.79 Å². The fraction of sp³-hybridized carbons (Fsp3) is 0.0417. The lowest BCUT2D eigenvalue weighted by Gasteiger charge is -2.10. The van der Waals surface area contributed by atoms with Crippen molar-refractivity contribution >= 4 is 52.5 Å². The lowest BCUT2D eigenvalue weighted by Crippen LogP contribution is -2.14. The number of anilines is 1. The van der Waals surface area contributed by atoms with Crippen molar-refractivity contribution in [3.05, 3.63) is 97.5 Å². The van der Waals surface area contributed by atoms with Crippen LogP contribution < -0.4 is 14.8 Å². The number of ether oxygens (including phenoxy) is 2. The van der Waals surface area contributed by atoms with E-state index in [0.717, 1.165) is 6.07 Å². The smallest absolute Gasteiger partial charge is 0.343 e. The number of hydrogen-bond donors (Lipinski definition) is 1. The second-order valence-corrected chi connectivity index (χ2v) is 7.65. The molecule has 35 heavy (non-hydrogen) atoms. The van der Waals surface area contributed by atoms with Gasteiger partial charge in [0.1, 0.15) is 23.1 Å². The normalized spacial score (nSPS) is 10.7. The summed E-state index contributed by atoms with van der Waals surface area (Å²) in [6, 6.07) is 16.5. The fourth-order valence-electron chi connectivity index (χ4n) is 2.89. The van der Waals surface area contributed by atoms with Gasteiger partial charge in [0.25, 0.3) is 11.6 Å². The summed E-state index contributed by atoms with van der Waals surface area (Å²) in [6.07, 6.45) is 1.19. The number of benzene rings is 3. The maximum atomic E-state index is 12.6. The van der Waals surface area contributed by atoms with E-state index >= 15 is 0 Å². The molecule has 9 nitrogen and oxygen atoms in total. The van der Waals surface area contributed by atoms with Crippen molar-refractivity contribution in [1.29, 1.82) is 5.26 Å². The van der Waals surface area contributed by atoms with Gasteiger partial charge in [-0.2, -0.15) is 5.26 Å². The van der Waals surface area contributed by atoms with Gasteiger partial charge in [0.05, 0.1) is 33.7 Å². The van der Waals surface area contributed by atoms with Gasteiger partial charge in [0.2, 0.25) is 0 Å². The summed E-state index contributed by atoms with van der Waals surface area (Å²) < 4.78 is 10.2. The van der Waals surface area contributed by atoms with Gasteiger partial charge >= 0.3 is 5.97 Å². The van der Waals surface area contributed by atoms with Gasteiger partial charge in [0.15, 0.2) is 5.75 Å². The van der Waals surface area contributed by atoms with Crippen molar-refractivity contribution in [2.24, 2.45) is 0 Å². The van der Waals surface area contributed by atoms with E-state index in [4.69, 9.17) is 32.7 Å². The molecule has 0 aliphatic rings. The molecule has 3 rings (SSSR count). The predicted octanol–water partition coefficient (Wildman–Crippen LogP) is 5.68. The average molecular weight is 512 g/mol. The third kappa shape index (κ3) is 6.14. The molecule has 176 valence electrons. The van der Waals surface area contributed by atoms with Crippen molar-refractivity contribution in [3.63, 3.8) is 0 Å². The Balaban J connectivity index is 1.85. The zero-order chi connectivity index (χ0) is 25.5. The van der Waals surface area contributed by atoms with E-state index in [1.54, 1.807) is 36.4 Å². The third-order valence-electron chi connectivity index (χ3n) is 4.55. The van der Waals surface area contributed by atoms with E-state index in [2.05, 4.69) is 5.32 Å². The molecule has 3 aromatic carbocycles. The van der Waals surface area contributed by atoms with Crippen molar-refractivity contribution in [3.8, 4) is 17.6 Å².